The first kappa shape index (κ1) is 15.2. The molecule has 0 amide bonds. The molecule has 0 fully saturated rings. The van der Waals surface area contributed by atoms with Gasteiger partial charge in [0.25, 0.3) is 0 Å². The third kappa shape index (κ3) is 3.39. The van der Waals surface area contributed by atoms with Crippen LogP contribution in [0.3, 0.4) is 0 Å². The summed E-state index contributed by atoms with van der Waals surface area (Å²) in [6.45, 7) is 2.17. The van der Waals surface area contributed by atoms with Crippen LogP contribution in [0.15, 0.2) is 53.0 Å². The number of aliphatic imine (C=N–C) groups is 1. The van der Waals surface area contributed by atoms with Gasteiger partial charge in [0.05, 0.1) is 5.69 Å². The maximum atomic E-state index is 10.8. The monoisotopic (exact) mass is 304 g/mol. The third-order valence-corrected chi connectivity index (χ3v) is 4.01. The number of carbonyl (C=O) groups excluding carboxylic acids is 1. The number of nitrogens with zero attached hydrogens (tertiary/aromatic N) is 1. The van der Waals surface area contributed by atoms with Crippen LogP contribution < -0.4 is 5.73 Å². The number of amidine groups is 1. The van der Waals surface area contributed by atoms with E-state index in [1.807, 2.05) is 24.3 Å². The topological polar surface area (TPSA) is 55.5 Å². The lowest BCUT2D eigenvalue weighted by atomic mass is 9.99. The molecular weight excluding hydrogens is 284 g/mol. The Bertz CT molecular complexity index is 786. The second kappa shape index (κ2) is 6.61. The number of fused-ring (bicyclic) bond motifs is 1. The molecule has 23 heavy (non-hydrogen) atoms. The highest BCUT2D eigenvalue weighted by atomic mass is 16.1. The van der Waals surface area contributed by atoms with Gasteiger partial charge >= 0.3 is 0 Å². The van der Waals surface area contributed by atoms with E-state index in [1.54, 1.807) is 0 Å². The summed E-state index contributed by atoms with van der Waals surface area (Å²) in [7, 11) is 0. The van der Waals surface area contributed by atoms with Crippen molar-refractivity contribution in [2.75, 3.05) is 0 Å². The predicted molar refractivity (Wildman–Crippen MR) is 96.0 cm³/mol. The van der Waals surface area contributed by atoms with E-state index in [0.29, 0.717) is 11.4 Å². The summed E-state index contributed by atoms with van der Waals surface area (Å²) >= 11 is 0. The minimum Gasteiger partial charge on any atom is -0.387 e. The van der Waals surface area contributed by atoms with Crippen molar-refractivity contribution in [2.24, 2.45) is 10.7 Å². The van der Waals surface area contributed by atoms with Crippen molar-refractivity contribution in [1.29, 1.82) is 0 Å². The Morgan fingerprint density at radius 2 is 1.87 bits per heavy atom. The third-order valence-electron chi connectivity index (χ3n) is 4.01. The zero-order valence-corrected chi connectivity index (χ0v) is 13.3. The number of nitrogens with two attached hydrogens (primary N) is 1. The zero-order chi connectivity index (χ0) is 16.2. The molecule has 0 spiro atoms. The molecule has 3 heteroatoms. The molecule has 1 heterocycles. The minimum atomic E-state index is 0.664. The van der Waals surface area contributed by atoms with Crippen LogP contribution in [-0.2, 0) is 0 Å². The molecule has 3 rings (SSSR count). The average molecular weight is 304 g/mol. The zero-order valence-electron chi connectivity index (χ0n) is 13.3. The fraction of sp³-hybridized carbons (Fsp3) is 0.200. The van der Waals surface area contributed by atoms with Crippen LogP contribution in [0.1, 0.15) is 42.1 Å². The summed E-state index contributed by atoms with van der Waals surface area (Å²) in [5, 5.41) is 0. The maximum absolute atomic E-state index is 10.8. The van der Waals surface area contributed by atoms with Crippen LogP contribution in [0, 0.1) is 0 Å². The van der Waals surface area contributed by atoms with Crippen molar-refractivity contribution >= 4 is 23.9 Å². The van der Waals surface area contributed by atoms with Crippen molar-refractivity contribution in [2.45, 2.75) is 26.2 Å². The van der Waals surface area contributed by atoms with Crippen molar-refractivity contribution in [3.63, 3.8) is 0 Å². The van der Waals surface area contributed by atoms with Crippen LogP contribution in [-0.4, -0.2) is 12.1 Å². The number of carbonyl (C=O) groups is 1. The number of hydrogen-bond donors (Lipinski definition) is 1. The lowest BCUT2D eigenvalue weighted by molar-refractivity contribution is 0.112. The van der Waals surface area contributed by atoms with Gasteiger partial charge in [0.15, 0.2) is 0 Å². The van der Waals surface area contributed by atoms with Crippen molar-refractivity contribution in [1.82, 2.24) is 0 Å². The van der Waals surface area contributed by atoms with E-state index in [9.17, 15) is 4.79 Å². The molecular formula is C20H20N2O. The number of hydrogen-bond acceptors (Lipinski definition) is 3. The molecule has 2 aromatic carbocycles. The second-order valence-electron chi connectivity index (χ2n) is 5.85. The Labute approximate surface area is 136 Å². The molecule has 3 nitrogen and oxygen atoms in total. The highest BCUT2D eigenvalue weighted by Crippen LogP contribution is 2.32. The van der Waals surface area contributed by atoms with Gasteiger partial charge in [-0.25, -0.2) is 4.99 Å². The highest BCUT2D eigenvalue weighted by Gasteiger charge is 2.10. The molecule has 0 aromatic heterocycles. The summed E-state index contributed by atoms with van der Waals surface area (Å²) in [6, 6.07) is 13.8. The Hall–Kier alpha value is -2.68. The lowest BCUT2D eigenvalue weighted by Crippen LogP contribution is -2.11. The van der Waals surface area contributed by atoms with E-state index in [1.165, 1.54) is 5.57 Å². The highest BCUT2D eigenvalue weighted by molar-refractivity contribution is 5.90. The van der Waals surface area contributed by atoms with Gasteiger partial charge in [-0.15, -0.1) is 0 Å². The largest absolute Gasteiger partial charge is 0.387 e. The number of aldehydes is 1. The first-order valence-corrected chi connectivity index (χ1v) is 7.91. The van der Waals surface area contributed by atoms with E-state index < -0.39 is 0 Å². The lowest BCUT2D eigenvalue weighted by Gasteiger charge is -2.06. The van der Waals surface area contributed by atoms with E-state index >= 15 is 0 Å². The molecule has 0 bridgehead atoms. The van der Waals surface area contributed by atoms with E-state index in [2.05, 4.69) is 36.2 Å². The molecule has 0 atom stereocenters. The quantitative estimate of drug-likeness (QED) is 0.829. The summed E-state index contributed by atoms with van der Waals surface area (Å²) in [6.07, 6.45) is 5.96. The summed E-state index contributed by atoms with van der Waals surface area (Å²) in [5.41, 5.74) is 12.2. The fourth-order valence-corrected chi connectivity index (χ4v) is 2.88. The molecule has 0 unspecified atom stereocenters. The summed E-state index contributed by atoms with van der Waals surface area (Å²) in [5.74, 6) is 0.664. The average Bonchev–Trinajstić information content (AvgIpc) is 2.72. The number of benzene rings is 2. The standard InChI is InChI=1S/C20H20N2O/c1-2-3-15-10-18-9-8-17(12-19(18)22-20(21)11-15)16-6-4-14(13-23)5-7-16/h4-10,12-13H,2-3,11H2,1H3,(H2,21,22). The molecule has 0 saturated heterocycles. The van der Waals surface area contributed by atoms with Crippen LogP contribution in [0.2, 0.25) is 0 Å². The van der Waals surface area contributed by atoms with Crippen LogP contribution in [0.4, 0.5) is 5.69 Å². The Kier molecular flexibility index (Phi) is 4.38. The Morgan fingerprint density at radius 1 is 1.13 bits per heavy atom. The van der Waals surface area contributed by atoms with Crippen molar-refractivity contribution in [3.05, 3.63) is 59.2 Å². The van der Waals surface area contributed by atoms with Crippen molar-refractivity contribution < 1.29 is 4.79 Å². The molecule has 0 radical (unpaired) electrons. The van der Waals surface area contributed by atoms with Gasteiger partial charge in [-0.1, -0.05) is 61.4 Å². The molecule has 1 aliphatic heterocycles. The molecule has 0 aliphatic carbocycles. The Morgan fingerprint density at radius 3 is 2.57 bits per heavy atom. The van der Waals surface area contributed by atoms with Gasteiger partial charge in [0.2, 0.25) is 0 Å². The molecule has 2 N–H and O–H groups in total. The van der Waals surface area contributed by atoms with Crippen LogP contribution in [0.25, 0.3) is 17.2 Å². The first-order chi connectivity index (χ1) is 11.2. The molecule has 1 aliphatic rings. The maximum Gasteiger partial charge on any atom is 0.150 e. The van der Waals surface area contributed by atoms with Gasteiger partial charge in [-0.3, -0.25) is 4.79 Å². The van der Waals surface area contributed by atoms with Crippen LogP contribution in [0.5, 0.6) is 0 Å². The number of rotatable bonds is 4. The first-order valence-electron chi connectivity index (χ1n) is 7.91. The smallest absolute Gasteiger partial charge is 0.150 e. The van der Waals surface area contributed by atoms with Gasteiger partial charge in [-0.2, -0.15) is 0 Å². The van der Waals surface area contributed by atoms with Gasteiger partial charge in [0.1, 0.15) is 12.1 Å². The van der Waals surface area contributed by atoms with Gasteiger partial charge in [-0.05, 0) is 23.6 Å². The van der Waals surface area contributed by atoms with Gasteiger partial charge in [0, 0.05) is 17.5 Å². The van der Waals surface area contributed by atoms with E-state index in [-0.39, 0.29) is 0 Å². The minimum absolute atomic E-state index is 0.664. The second-order valence-corrected chi connectivity index (χ2v) is 5.85. The summed E-state index contributed by atoms with van der Waals surface area (Å²) < 4.78 is 0. The van der Waals surface area contributed by atoms with E-state index in [0.717, 1.165) is 47.9 Å². The van der Waals surface area contributed by atoms with Crippen molar-refractivity contribution in [3.8, 4) is 11.1 Å². The van der Waals surface area contributed by atoms with Gasteiger partial charge < -0.3 is 5.73 Å². The van der Waals surface area contributed by atoms with E-state index in [4.69, 9.17) is 5.73 Å². The predicted octanol–water partition coefficient (Wildman–Crippen LogP) is 4.74. The summed E-state index contributed by atoms with van der Waals surface area (Å²) in [4.78, 5) is 15.3. The normalized spacial score (nSPS) is 13.6. The fourth-order valence-electron chi connectivity index (χ4n) is 2.88. The van der Waals surface area contributed by atoms with Crippen LogP contribution >= 0.6 is 0 Å². The Balaban J connectivity index is 2.01. The molecule has 0 saturated carbocycles. The molecule has 116 valence electrons. The SMILES string of the molecule is CCCC1=Cc2ccc(-c3ccc(C=O)cc3)cc2N=C(N)C1. The molecule has 2 aromatic rings.